The van der Waals surface area contributed by atoms with Gasteiger partial charge in [0.2, 0.25) is 0 Å². The number of amides is 1. The van der Waals surface area contributed by atoms with Crippen molar-refractivity contribution in [3.05, 3.63) is 17.7 Å². The smallest absolute Gasteiger partial charge is 0.427 e. The maximum absolute atomic E-state index is 10.9. The van der Waals surface area contributed by atoms with Crippen molar-refractivity contribution in [2.45, 2.75) is 0 Å². The van der Waals surface area contributed by atoms with Crippen molar-refractivity contribution in [3.63, 3.8) is 0 Å². The lowest BCUT2D eigenvalue weighted by atomic mass is 10.2. The minimum atomic E-state index is -0.664. The zero-order valence-corrected chi connectivity index (χ0v) is 11.2. The first-order chi connectivity index (χ1) is 9.15. The Balaban J connectivity index is 3.06. The summed E-state index contributed by atoms with van der Waals surface area (Å²) in [6.07, 6.45) is 0.733. The predicted octanol–water partition coefficient (Wildman–Crippen LogP) is 1.40. The van der Waals surface area contributed by atoms with Crippen LogP contribution in [-0.4, -0.2) is 40.7 Å². The van der Waals surface area contributed by atoms with Gasteiger partial charge in [0.15, 0.2) is 0 Å². The van der Waals surface area contributed by atoms with E-state index in [1.54, 1.807) is 19.2 Å². The summed E-state index contributed by atoms with van der Waals surface area (Å²) in [5.74, 6) is 1.60. The molecule has 0 saturated carbocycles. The van der Waals surface area contributed by atoms with Crippen LogP contribution in [-0.2, 0) is 4.74 Å². The van der Waals surface area contributed by atoms with Gasteiger partial charge in [0, 0.05) is 12.1 Å². The maximum Gasteiger partial charge on any atom is 0.427 e. The van der Waals surface area contributed by atoms with Gasteiger partial charge in [-0.05, 0) is 0 Å². The molecule has 0 bridgehead atoms. The van der Waals surface area contributed by atoms with Crippen LogP contribution < -0.4 is 19.6 Å². The van der Waals surface area contributed by atoms with E-state index in [9.17, 15) is 4.79 Å². The first kappa shape index (κ1) is 14.6. The highest BCUT2D eigenvalue weighted by molar-refractivity contribution is 5.88. The molecular weight excluding hydrogens is 252 g/mol. The molecule has 0 unspecified atom stereocenters. The number of carbonyl (C=O) groups is 1. The second kappa shape index (κ2) is 7.10. The Hall–Kier alpha value is -2.44. The number of hydrazone groups is 1. The fraction of sp³-hybridized carbons (Fsp3) is 0.333. The monoisotopic (exact) mass is 268 g/mol. The van der Waals surface area contributed by atoms with Gasteiger partial charge >= 0.3 is 6.09 Å². The third-order valence-corrected chi connectivity index (χ3v) is 2.29. The molecule has 0 aromatic heterocycles. The third-order valence-electron chi connectivity index (χ3n) is 2.29. The summed E-state index contributed by atoms with van der Waals surface area (Å²) in [5, 5.41) is 3.73. The molecule has 1 aromatic carbocycles. The summed E-state index contributed by atoms with van der Waals surface area (Å²) in [6, 6.07) is 3.37. The van der Waals surface area contributed by atoms with Crippen LogP contribution in [0.1, 0.15) is 5.56 Å². The van der Waals surface area contributed by atoms with Crippen molar-refractivity contribution < 1.29 is 23.7 Å². The lowest BCUT2D eigenvalue weighted by Crippen LogP contribution is -2.16. The number of benzene rings is 1. The quantitative estimate of drug-likeness (QED) is 0.645. The van der Waals surface area contributed by atoms with E-state index in [0.717, 1.165) is 0 Å². The topological polar surface area (TPSA) is 78.4 Å². The van der Waals surface area contributed by atoms with Crippen LogP contribution in [0.2, 0.25) is 0 Å². The molecule has 1 N–H and O–H groups in total. The SMILES string of the molecule is COC(=O)N/N=C\c1c(OC)cc(OC)cc1OC. The summed E-state index contributed by atoms with van der Waals surface area (Å²) >= 11 is 0. The molecule has 0 saturated heterocycles. The summed E-state index contributed by atoms with van der Waals surface area (Å²) in [7, 11) is 5.82. The summed E-state index contributed by atoms with van der Waals surface area (Å²) in [6.45, 7) is 0. The van der Waals surface area contributed by atoms with Gasteiger partial charge in [0.05, 0.1) is 40.2 Å². The third kappa shape index (κ3) is 3.77. The summed E-state index contributed by atoms with van der Waals surface area (Å²) in [5.41, 5.74) is 2.75. The number of nitrogens with one attached hydrogen (secondary N) is 1. The second-order valence-electron chi connectivity index (χ2n) is 3.31. The molecule has 1 rings (SSSR count). The molecule has 0 heterocycles. The van der Waals surface area contributed by atoms with Crippen molar-refractivity contribution in [2.75, 3.05) is 28.4 Å². The number of methoxy groups -OCH3 is 4. The molecule has 0 spiro atoms. The molecule has 0 fully saturated rings. The Bertz CT molecular complexity index is 448. The van der Waals surface area contributed by atoms with Crippen LogP contribution in [0.15, 0.2) is 17.2 Å². The molecule has 0 aliphatic rings. The highest BCUT2D eigenvalue weighted by Gasteiger charge is 2.11. The molecular formula is C12H16N2O5. The number of rotatable bonds is 5. The Kier molecular flexibility index (Phi) is 5.46. The van der Waals surface area contributed by atoms with E-state index < -0.39 is 6.09 Å². The number of ether oxygens (including phenoxy) is 4. The van der Waals surface area contributed by atoms with Gasteiger partial charge in [0.1, 0.15) is 17.2 Å². The van der Waals surface area contributed by atoms with E-state index >= 15 is 0 Å². The molecule has 1 amide bonds. The van der Waals surface area contributed by atoms with Gasteiger partial charge < -0.3 is 18.9 Å². The average Bonchev–Trinajstić information content (AvgIpc) is 2.46. The Morgan fingerprint density at radius 2 is 1.68 bits per heavy atom. The molecule has 19 heavy (non-hydrogen) atoms. The van der Waals surface area contributed by atoms with Crippen LogP contribution in [0.5, 0.6) is 17.2 Å². The van der Waals surface area contributed by atoms with Gasteiger partial charge in [-0.1, -0.05) is 0 Å². The average molecular weight is 268 g/mol. The Morgan fingerprint density at radius 1 is 1.11 bits per heavy atom. The fourth-order valence-electron chi connectivity index (χ4n) is 1.36. The molecule has 0 aliphatic carbocycles. The lowest BCUT2D eigenvalue weighted by Gasteiger charge is -2.11. The minimum absolute atomic E-state index is 0.506. The van der Waals surface area contributed by atoms with Crippen molar-refractivity contribution in [3.8, 4) is 17.2 Å². The lowest BCUT2D eigenvalue weighted by molar-refractivity contribution is 0.171. The molecule has 7 nitrogen and oxygen atoms in total. The summed E-state index contributed by atoms with van der Waals surface area (Å²) in [4.78, 5) is 10.9. The maximum atomic E-state index is 10.9. The van der Waals surface area contributed by atoms with Crippen LogP contribution in [0.25, 0.3) is 0 Å². The Morgan fingerprint density at radius 3 is 2.11 bits per heavy atom. The van der Waals surface area contributed by atoms with E-state index in [-0.39, 0.29) is 0 Å². The van der Waals surface area contributed by atoms with Crippen molar-refractivity contribution >= 4 is 12.3 Å². The van der Waals surface area contributed by atoms with Crippen LogP contribution in [0, 0.1) is 0 Å². The van der Waals surface area contributed by atoms with Gasteiger partial charge in [-0.15, -0.1) is 0 Å². The van der Waals surface area contributed by atoms with Gasteiger partial charge in [-0.25, -0.2) is 10.2 Å². The normalized spacial score (nSPS) is 10.1. The predicted molar refractivity (Wildman–Crippen MR) is 69.2 cm³/mol. The number of hydrogen-bond acceptors (Lipinski definition) is 6. The van der Waals surface area contributed by atoms with Crippen molar-refractivity contribution in [1.29, 1.82) is 0 Å². The zero-order valence-electron chi connectivity index (χ0n) is 11.2. The van der Waals surface area contributed by atoms with E-state index in [1.807, 2.05) is 0 Å². The van der Waals surface area contributed by atoms with E-state index in [0.29, 0.717) is 22.8 Å². The second-order valence-corrected chi connectivity index (χ2v) is 3.31. The zero-order chi connectivity index (χ0) is 14.3. The van der Waals surface area contributed by atoms with Crippen molar-refractivity contribution in [2.24, 2.45) is 5.10 Å². The van der Waals surface area contributed by atoms with Gasteiger partial charge in [-0.3, -0.25) is 0 Å². The minimum Gasteiger partial charge on any atom is -0.496 e. The standard InChI is InChI=1S/C12H16N2O5/c1-16-8-5-10(17-2)9(11(6-8)18-3)7-13-14-12(15)19-4/h5-7H,1-4H3,(H,14,15)/b13-7-. The molecule has 0 atom stereocenters. The number of carbonyl (C=O) groups excluding carboxylic acids is 1. The van der Waals surface area contributed by atoms with Crippen LogP contribution in [0.4, 0.5) is 4.79 Å². The first-order valence-corrected chi connectivity index (χ1v) is 5.33. The fourth-order valence-corrected chi connectivity index (χ4v) is 1.36. The van der Waals surface area contributed by atoms with Gasteiger partial charge in [-0.2, -0.15) is 5.10 Å². The molecule has 0 radical (unpaired) electrons. The molecule has 0 aliphatic heterocycles. The van der Waals surface area contributed by atoms with E-state index in [2.05, 4.69) is 15.3 Å². The number of nitrogens with zero attached hydrogens (tertiary/aromatic N) is 1. The van der Waals surface area contributed by atoms with E-state index in [1.165, 1.54) is 27.5 Å². The molecule has 1 aromatic rings. The van der Waals surface area contributed by atoms with Gasteiger partial charge in [0.25, 0.3) is 0 Å². The highest BCUT2D eigenvalue weighted by atomic mass is 16.5. The van der Waals surface area contributed by atoms with E-state index in [4.69, 9.17) is 14.2 Å². The van der Waals surface area contributed by atoms with Crippen LogP contribution in [0.3, 0.4) is 0 Å². The van der Waals surface area contributed by atoms with Crippen LogP contribution >= 0.6 is 0 Å². The van der Waals surface area contributed by atoms with Crippen molar-refractivity contribution in [1.82, 2.24) is 5.43 Å². The molecule has 7 heteroatoms. The Labute approximate surface area is 111 Å². The number of hydrogen-bond donors (Lipinski definition) is 1. The molecule has 104 valence electrons. The summed E-state index contributed by atoms with van der Waals surface area (Å²) < 4.78 is 19.9. The highest BCUT2D eigenvalue weighted by Crippen LogP contribution is 2.32. The largest absolute Gasteiger partial charge is 0.496 e. The first-order valence-electron chi connectivity index (χ1n) is 5.33.